The standard InChI is InChI=1S/C19H20ClF3N4O6/c1-10-2-3-11(8-13(10)20)15(28)24-12-4-5-14(27(9-12)18(29)30)16-25-26-17(33-16)31-6-7-32-19(21,22)23/h2-3,8,12,14H,4-7,9H2,1H3,(H,24,28)(H,29,30)/t12-,14+/m0/s1. The Balaban J connectivity index is 1.59. The van der Waals surface area contributed by atoms with Crippen molar-refractivity contribution in [2.45, 2.75) is 38.2 Å². The first-order valence-electron chi connectivity index (χ1n) is 9.77. The molecular formula is C19H20ClF3N4O6. The molecule has 0 spiro atoms. The van der Waals surface area contributed by atoms with Crippen LogP contribution in [0.2, 0.25) is 5.02 Å². The number of hydrogen-bond donors (Lipinski definition) is 2. The Morgan fingerprint density at radius 2 is 2.06 bits per heavy atom. The zero-order valence-electron chi connectivity index (χ0n) is 17.3. The van der Waals surface area contributed by atoms with Crippen LogP contribution in [0.5, 0.6) is 6.08 Å². The van der Waals surface area contributed by atoms with Gasteiger partial charge < -0.3 is 19.6 Å². The molecule has 2 amide bonds. The molecule has 1 fully saturated rings. The second-order valence-corrected chi connectivity index (χ2v) is 7.62. The first-order chi connectivity index (χ1) is 15.5. The minimum atomic E-state index is -4.79. The summed E-state index contributed by atoms with van der Waals surface area (Å²) in [5.74, 6) is -0.459. The highest BCUT2D eigenvalue weighted by Crippen LogP contribution is 2.31. The van der Waals surface area contributed by atoms with Crippen LogP contribution in [0.25, 0.3) is 0 Å². The highest BCUT2D eigenvalue weighted by Gasteiger charge is 2.37. The summed E-state index contributed by atoms with van der Waals surface area (Å²) < 4.78 is 49.6. The average Bonchev–Trinajstić information content (AvgIpc) is 3.21. The van der Waals surface area contributed by atoms with Gasteiger partial charge in [0.1, 0.15) is 12.6 Å². The first-order valence-corrected chi connectivity index (χ1v) is 10.1. The third-order valence-corrected chi connectivity index (χ3v) is 5.29. The van der Waals surface area contributed by atoms with Gasteiger partial charge in [-0.1, -0.05) is 22.8 Å². The molecule has 2 atom stereocenters. The van der Waals surface area contributed by atoms with Crippen molar-refractivity contribution in [2.75, 3.05) is 19.8 Å². The molecule has 0 saturated carbocycles. The number of halogens is 4. The molecule has 1 aromatic heterocycles. The quantitative estimate of drug-likeness (QED) is 0.562. The molecule has 0 bridgehead atoms. The summed E-state index contributed by atoms with van der Waals surface area (Å²) in [5, 5.41) is 20.2. The SMILES string of the molecule is Cc1ccc(C(=O)N[C@H]2CC[C@H](c3nnc(OCCOC(F)(F)F)o3)N(C(=O)O)C2)cc1Cl. The van der Waals surface area contributed by atoms with Crippen LogP contribution >= 0.6 is 11.6 Å². The molecule has 2 heterocycles. The van der Waals surface area contributed by atoms with E-state index >= 15 is 0 Å². The summed E-state index contributed by atoms with van der Waals surface area (Å²) in [5.41, 5.74) is 1.17. The van der Waals surface area contributed by atoms with Gasteiger partial charge >= 0.3 is 18.5 Å². The zero-order chi connectivity index (χ0) is 24.2. The smallest absolute Gasteiger partial charge is 0.465 e. The Hall–Kier alpha value is -3.06. The summed E-state index contributed by atoms with van der Waals surface area (Å²) in [4.78, 5) is 25.3. The number of likely N-dealkylation sites (tertiary alicyclic amines) is 1. The van der Waals surface area contributed by atoms with Crippen LogP contribution in [0, 0.1) is 6.92 Å². The monoisotopic (exact) mass is 492 g/mol. The van der Waals surface area contributed by atoms with E-state index in [2.05, 4.69) is 20.3 Å². The minimum absolute atomic E-state index is 0.0384. The van der Waals surface area contributed by atoms with E-state index in [9.17, 15) is 27.9 Å². The van der Waals surface area contributed by atoms with E-state index in [0.717, 1.165) is 10.5 Å². The van der Waals surface area contributed by atoms with E-state index < -0.39 is 43.8 Å². The Labute approximate surface area is 190 Å². The fourth-order valence-corrected chi connectivity index (χ4v) is 3.44. The molecule has 0 radical (unpaired) electrons. The number of alkyl halides is 3. The Bertz CT molecular complexity index is 1000. The van der Waals surface area contributed by atoms with Crippen LogP contribution in [0.1, 0.15) is 40.7 Å². The molecule has 14 heteroatoms. The van der Waals surface area contributed by atoms with Crippen LogP contribution < -0.4 is 10.1 Å². The van der Waals surface area contributed by atoms with Gasteiger partial charge in [0, 0.05) is 23.2 Å². The number of carbonyl (C=O) groups excluding carboxylic acids is 1. The Morgan fingerprint density at radius 1 is 1.30 bits per heavy atom. The molecule has 3 rings (SSSR count). The van der Waals surface area contributed by atoms with Gasteiger partial charge in [-0.25, -0.2) is 4.79 Å². The van der Waals surface area contributed by atoms with Crippen molar-refractivity contribution < 1.29 is 41.8 Å². The van der Waals surface area contributed by atoms with E-state index in [1.165, 1.54) is 6.07 Å². The summed E-state index contributed by atoms with van der Waals surface area (Å²) in [6.45, 7) is 0.495. The topological polar surface area (TPSA) is 127 Å². The van der Waals surface area contributed by atoms with Crippen molar-refractivity contribution in [3.05, 3.63) is 40.2 Å². The normalized spacial score (nSPS) is 18.8. The van der Waals surface area contributed by atoms with Crippen molar-refractivity contribution in [1.82, 2.24) is 20.4 Å². The molecule has 2 aromatic rings. The molecule has 180 valence electrons. The van der Waals surface area contributed by atoms with Gasteiger partial charge in [-0.15, -0.1) is 18.3 Å². The van der Waals surface area contributed by atoms with Gasteiger partial charge in [-0.2, -0.15) is 0 Å². The van der Waals surface area contributed by atoms with Crippen molar-refractivity contribution in [3.63, 3.8) is 0 Å². The van der Waals surface area contributed by atoms with Gasteiger partial charge in [-0.3, -0.25) is 14.4 Å². The van der Waals surface area contributed by atoms with Crippen molar-refractivity contribution in [3.8, 4) is 6.08 Å². The lowest BCUT2D eigenvalue weighted by atomic mass is 9.98. The molecular weight excluding hydrogens is 473 g/mol. The number of carboxylic acid groups (broad SMARTS) is 1. The predicted octanol–water partition coefficient (Wildman–Crippen LogP) is 3.56. The van der Waals surface area contributed by atoms with Crippen LogP contribution in [0.4, 0.5) is 18.0 Å². The summed E-state index contributed by atoms with van der Waals surface area (Å²) in [7, 11) is 0. The fraction of sp³-hybridized carbons (Fsp3) is 0.474. The number of hydrogen-bond acceptors (Lipinski definition) is 7. The second kappa shape index (κ2) is 10.3. The average molecular weight is 493 g/mol. The molecule has 1 saturated heterocycles. The van der Waals surface area contributed by atoms with E-state index in [4.69, 9.17) is 20.8 Å². The van der Waals surface area contributed by atoms with Gasteiger partial charge in [0.2, 0.25) is 5.89 Å². The molecule has 0 unspecified atom stereocenters. The third kappa shape index (κ3) is 6.71. The number of benzene rings is 1. The number of aromatic nitrogens is 2. The third-order valence-electron chi connectivity index (χ3n) is 4.88. The van der Waals surface area contributed by atoms with Gasteiger partial charge in [0.25, 0.3) is 5.91 Å². The molecule has 1 aromatic carbocycles. The van der Waals surface area contributed by atoms with Crippen LogP contribution in [-0.4, -0.2) is 64.4 Å². The highest BCUT2D eigenvalue weighted by molar-refractivity contribution is 6.31. The zero-order valence-corrected chi connectivity index (χ0v) is 18.0. The second-order valence-electron chi connectivity index (χ2n) is 7.21. The maximum Gasteiger partial charge on any atom is 0.522 e. The van der Waals surface area contributed by atoms with Crippen molar-refractivity contribution in [2.24, 2.45) is 0 Å². The number of aryl methyl sites for hydroxylation is 1. The number of nitrogens with one attached hydrogen (secondary N) is 1. The van der Waals surface area contributed by atoms with Crippen LogP contribution in [-0.2, 0) is 4.74 Å². The Morgan fingerprint density at radius 3 is 2.73 bits per heavy atom. The molecule has 10 nitrogen and oxygen atoms in total. The Kier molecular flexibility index (Phi) is 7.64. The first kappa shape index (κ1) is 24.6. The van der Waals surface area contributed by atoms with Gasteiger partial charge in [0.15, 0.2) is 0 Å². The van der Waals surface area contributed by atoms with Crippen molar-refractivity contribution >= 4 is 23.6 Å². The van der Waals surface area contributed by atoms with Gasteiger partial charge in [0.05, 0.1) is 6.61 Å². The lowest BCUT2D eigenvalue weighted by molar-refractivity contribution is -0.325. The maximum atomic E-state index is 12.5. The number of rotatable bonds is 7. The fourth-order valence-electron chi connectivity index (χ4n) is 3.26. The number of carbonyl (C=O) groups is 2. The molecule has 0 aliphatic carbocycles. The summed E-state index contributed by atoms with van der Waals surface area (Å²) in [6.07, 6.45) is -5.79. The lowest BCUT2D eigenvalue weighted by Gasteiger charge is -2.36. The van der Waals surface area contributed by atoms with E-state index in [-0.39, 0.29) is 24.8 Å². The van der Waals surface area contributed by atoms with Crippen LogP contribution in [0.15, 0.2) is 22.6 Å². The molecule has 33 heavy (non-hydrogen) atoms. The van der Waals surface area contributed by atoms with Crippen LogP contribution in [0.3, 0.4) is 0 Å². The van der Waals surface area contributed by atoms with Gasteiger partial charge in [-0.05, 0) is 37.5 Å². The van der Waals surface area contributed by atoms with E-state index in [0.29, 0.717) is 17.0 Å². The minimum Gasteiger partial charge on any atom is -0.465 e. The van der Waals surface area contributed by atoms with Crippen molar-refractivity contribution in [1.29, 1.82) is 0 Å². The largest absolute Gasteiger partial charge is 0.522 e. The summed E-state index contributed by atoms with van der Waals surface area (Å²) >= 11 is 6.06. The number of amides is 2. The van der Waals surface area contributed by atoms with E-state index in [1.807, 2.05) is 0 Å². The maximum absolute atomic E-state index is 12.5. The molecule has 1 aliphatic rings. The van der Waals surface area contributed by atoms with E-state index in [1.54, 1.807) is 19.1 Å². The highest BCUT2D eigenvalue weighted by atomic mass is 35.5. The number of nitrogens with zero attached hydrogens (tertiary/aromatic N) is 3. The number of piperidine rings is 1. The lowest BCUT2D eigenvalue weighted by Crippen LogP contribution is -2.50. The summed E-state index contributed by atoms with van der Waals surface area (Å²) in [6, 6.07) is 3.59. The number of ether oxygens (including phenoxy) is 2. The predicted molar refractivity (Wildman–Crippen MR) is 106 cm³/mol. The molecule has 2 N–H and O–H groups in total. The molecule has 1 aliphatic heterocycles.